The molecule has 2 aromatic rings. The number of anilines is 1. The lowest BCUT2D eigenvalue weighted by molar-refractivity contribution is 0.0730. The molecule has 0 saturated heterocycles. The second-order valence-electron chi connectivity index (χ2n) is 5.72. The number of amides is 1. The van der Waals surface area contributed by atoms with Crippen LogP contribution in [0.1, 0.15) is 34.3 Å². The maximum absolute atomic E-state index is 12.8. The van der Waals surface area contributed by atoms with Gasteiger partial charge in [-0.15, -0.1) is 0 Å². The number of hydrogen-bond donors (Lipinski definition) is 1. The number of nitrogens with two attached hydrogens (primary N) is 1. The number of hydrogen-bond acceptors (Lipinski definition) is 2. The molecule has 0 aliphatic heterocycles. The van der Waals surface area contributed by atoms with E-state index in [-0.39, 0.29) is 5.91 Å². The summed E-state index contributed by atoms with van der Waals surface area (Å²) in [4.78, 5) is 14.8. The van der Waals surface area contributed by atoms with E-state index in [1.807, 2.05) is 48.2 Å². The van der Waals surface area contributed by atoms with Crippen molar-refractivity contribution in [2.75, 3.05) is 5.73 Å². The van der Waals surface area contributed by atoms with Crippen LogP contribution in [0.5, 0.6) is 0 Å². The van der Waals surface area contributed by atoms with Crippen molar-refractivity contribution in [2.45, 2.75) is 32.4 Å². The minimum absolute atomic E-state index is 0.101. The second-order valence-corrected chi connectivity index (χ2v) is 5.72. The molecule has 1 aliphatic rings. The minimum Gasteiger partial charge on any atom is -0.399 e. The van der Waals surface area contributed by atoms with Crippen LogP contribution in [0.3, 0.4) is 0 Å². The predicted molar refractivity (Wildman–Crippen MR) is 84.9 cm³/mol. The van der Waals surface area contributed by atoms with Crippen LogP contribution in [-0.4, -0.2) is 16.8 Å². The number of carbonyl (C=O) groups is 1. The Morgan fingerprint density at radius 2 is 1.90 bits per heavy atom. The summed E-state index contributed by atoms with van der Waals surface area (Å²) in [5.74, 6) is 0.101. The predicted octanol–water partition coefficient (Wildman–Crippen LogP) is 3.38. The Balaban J connectivity index is 1.83. The van der Waals surface area contributed by atoms with Crippen molar-refractivity contribution in [1.29, 1.82) is 0 Å². The fraction of sp³-hybridized carbons (Fsp3) is 0.278. The highest BCUT2D eigenvalue weighted by molar-refractivity contribution is 5.95. The molecule has 0 atom stereocenters. The third-order valence-electron chi connectivity index (χ3n) is 3.96. The average molecular weight is 280 g/mol. The number of benzene rings is 2. The fourth-order valence-electron chi connectivity index (χ4n) is 2.51. The van der Waals surface area contributed by atoms with E-state index in [4.69, 9.17) is 5.73 Å². The molecule has 1 amide bonds. The largest absolute Gasteiger partial charge is 0.399 e. The molecule has 0 bridgehead atoms. The van der Waals surface area contributed by atoms with Crippen LogP contribution >= 0.6 is 0 Å². The van der Waals surface area contributed by atoms with Gasteiger partial charge in [0.1, 0.15) is 0 Å². The standard InChI is InChI=1S/C18H20N2O/c1-13-11-15(7-10-17(13)19)18(21)20(16-8-9-16)12-14-5-3-2-4-6-14/h2-7,10-11,16H,8-9,12,19H2,1H3. The molecule has 0 radical (unpaired) electrons. The molecule has 1 aliphatic carbocycles. The third-order valence-corrected chi connectivity index (χ3v) is 3.96. The maximum Gasteiger partial charge on any atom is 0.254 e. The molecule has 1 fully saturated rings. The van der Waals surface area contributed by atoms with E-state index in [0.29, 0.717) is 12.6 Å². The summed E-state index contributed by atoms with van der Waals surface area (Å²) in [6.07, 6.45) is 2.21. The van der Waals surface area contributed by atoms with E-state index in [2.05, 4.69) is 12.1 Å². The van der Waals surface area contributed by atoms with E-state index in [1.54, 1.807) is 0 Å². The van der Waals surface area contributed by atoms with Crippen molar-refractivity contribution in [3.8, 4) is 0 Å². The van der Waals surface area contributed by atoms with Gasteiger partial charge in [-0.1, -0.05) is 30.3 Å². The molecular formula is C18H20N2O. The molecule has 1 saturated carbocycles. The summed E-state index contributed by atoms with van der Waals surface area (Å²) in [7, 11) is 0. The molecule has 3 nitrogen and oxygen atoms in total. The molecule has 3 heteroatoms. The molecular weight excluding hydrogens is 260 g/mol. The second kappa shape index (κ2) is 5.60. The van der Waals surface area contributed by atoms with E-state index >= 15 is 0 Å². The first kappa shape index (κ1) is 13.7. The smallest absolute Gasteiger partial charge is 0.254 e. The topological polar surface area (TPSA) is 46.3 Å². The lowest BCUT2D eigenvalue weighted by Crippen LogP contribution is -2.32. The maximum atomic E-state index is 12.8. The van der Waals surface area contributed by atoms with E-state index in [0.717, 1.165) is 29.7 Å². The number of nitrogens with zero attached hydrogens (tertiary/aromatic N) is 1. The first-order valence-corrected chi connectivity index (χ1v) is 7.36. The molecule has 0 heterocycles. The zero-order valence-electron chi connectivity index (χ0n) is 12.3. The number of aryl methyl sites for hydroxylation is 1. The van der Waals surface area contributed by atoms with Gasteiger partial charge in [0.15, 0.2) is 0 Å². The van der Waals surface area contributed by atoms with Gasteiger partial charge in [-0.2, -0.15) is 0 Å². The van der Waals surface area contributed by atoms with Crippen LogP contribution < -0.4 is 5.73 Å². The Bertz CT molecular complexity index is 648. The summed E-state index contributed by atoms with van der Waals surface area (Å²) >= 11 is 0. The van der Waals surface area contributed by atoms with Gasteiger partial charge < -0.3 is 10.6 Å². The highest BCUT2D eigenvalue weighted by atomic mass is 16.2. The van der Waals surface area contributed by atoms with Crippen LogP contribution in [0.2, 0.25) is 0 Å². The first-order valence-electron chi connectivity index (χ1n) is 7.36. The van der Waals surface area contributed by atoms with Crippen LogP contribution in [0.25, 0.3) is 0 Å². The summed E-state index contributed by atoms with van der Waals surface area (Å²) < 4.78 is 0. The van der Waals surface area contributed by atoms with Crippen LogP contribution in [0, 0.1) is 6.92 Å². The average Bonchev–Trinajstić information content (AvgIpc) is 3.33. The monoisotopic (exact) mass is 280 g/mol. The van der Waals surface area contributed by atoms with Crippen LogP contribution in [-0.2, 0) is 6.54 Å². The van der Waals surface area contributed by atoms with Crippen molar-refractivity contribution in [1.82, 2.24) is 4.90 Å². The van der Waals surface area contributed by atoms with Gasteiger partial charge in [0.2, 0.25) is 0 Å². The Hall–Kier alpha value is -2.29. The van der Waals surface area contributed by atoms with E-state index in [1.165, 1.54) is 5.56 Å². The minimum atomic E-state index is 0.101. The quantitative estimate of drug-likeness (QED) is 0.873. The van der Waals surface area contributed by atoms with Gasteiger partial charge in [0.05, 0.1) is 0 Å². The molecule has 0 spiro atoms. The van der Waals surface area contributed by atoms with Crippen molar-refractivity contribution in [2.24, 2.45) is 0 Å². The Morgan fingerprint density at radius 1 is 1.19 bits per heavy atom. The van der Waals surface area contributed by atoms with Gasteiger partial charge in [0.25, 0.3) is 5.91 Å². The summed E-state index contributed by atoms with van der Waals surface area (Å²) in [5.41, 5.74) is 9.42. The van der Waals surface area contributed by atoms with Crippen molar-refractivity contribution in [3.63, 3.8) is 0 Å². The fourth-order valence-corrected chi connectivity index (χ4v) is 2.51. The van der Waals surface area contributed by atoms with Crippen LogP contribution in [0.15, 0.2) is 48.5 Å². The van der Waals surface area contributed by atoms with Crippen molar-refractivity contribution in [3.05, 3.63) is 65.2 Å². The molecule has 21 heavy (non-hydrogen) atoms. The normalized spacial score (nSPS) is 14.0. The van der Waals surface area contributed by atoms with Gasteiger partial charge in [-0.05, 0) is 49.1 Å². The third kappa shape index (κ3) is 3.07. The molecule has 0 aromatic heterocycles. The Labute approximate surface area is 125 Å². The molecule has 2 N–H and O–H groups in total. The molecule has 0 unspecified atom stereocenters. The van der Waals surface area contributed by atoms with Crippen molar-refractivity contribution >= 4 is 11.6 Å². The molecule has 3 rings (SSSR count). The zero-order chi connectivity index (χ0) is 14.8. The SMILES string of the molecule is Cc1cc(C(=O)N(Cc2ccccc2)C2CC2)ccc1N. The Morgan fingerprint density at radius 3 is 2.52 bits per heavy atom. The highest BCUT2D eigenvalue weighted by Crippen LogP contribution is 2.30. The van der Waals surface area contributed by atoms with E-state index in [9.17, 15) is 4.79 Å². The highest BCUT2D eigenvalue weighted by Gasteiger charge is 2.33. The summed E-state index contributed by atoms with van der Waals surface area (Å²) in [5, 5.41) is 0. The first-order chi connectivity index (χ1) is 10.1. The van der Waals surface area contributed by atoms with Gasteiger partial charge >= 0.3 is 0 Å². The molecule has 2 aromatic carbocycles. The van der Waals surface area contributed by atoms with Gasteiger partial charge in [-0.25, -0.2) is 0 Å². The number of carbonyl (C=O) groups excluding carboxylic acids is 1. The lowest BCUT2D eigenvalue weighted by Gasteiger charge is -2.23. The number of rotatable bonds is 4. The van der Waals surface area contributed by atoms with Crippen molar-refractivity contribution < 1.29 is 4.79 Å². The molecule has 108 valence electrons. The van der Waals surface area contributed by atoms with Gasteiger partial charge in [0, 0.05) is 23.8 Å². The Kier molecular flexibility index (Phi) is 3.65. The van der Waals surface area contributed by atoms with Gasteiger partial charge in [-0.3, -0.25) is 4.79 Å². The van der Waals surface area contributed by atoms with Crippen LogP contribution in [0.4, 0.5) is 5.69 Å². The van der Waals surface area contributed by atoms with E-state index < -0.39 is 0 Å². The summed E-state index contributed by atoms with van der Waals surface area (Å²) in [6, 6.07) is 16.1. The summed E-state index contributed by atoms with van der Waals surface area (Å²) in [6.45, 7) is 2.61. The lowest BCUT2D eigenvalue weighted by atomic mass is 10.1. The number of nitrogen functional groups attached to an aromatic ring is 1. The zero-order valence-corrected chi connectivity index (χ0v) is 12.3.